The van der Waals surface area contributed by atoms with Crippen molar-refractivity contribution < 1.29 is 9.53 Å². The van der Waals surface area contributed by atoms with Gasteiger partial charge < -0.3 is 10.1 Å². The normalized spacial score (nSPS) is 12.4. The number of hydrogen-bond acceptors (Lipinski definition) is 2. The van der Waals surface area contributed by atoms with Gasteiger partial charge in [-0.1, -0.05) is 20.8 Å². The van der Waals surface area contributed by atoms with Gasteiger partial charge in [-0.25, -0.2) is 4.79 Å². The molecule has 0 heterocycles. The Morgan fingerprint density at radius 1 is 1.14 bits per heavy atom. The first-order chi connectivity index (χ1) is 6.16. The first kappa shape index (κ1) is 13.3. The van der Waals surface area contributed by atoms with Gasteiger partial charge in [-0.3, -0.25) is 0 Å². The molecule has 1 N–H and O–H groups in total. The van der Waals surface area contributed by atoms with E-state index in [1.165, 1.54) is 0 Å². The summed E-state index contributed by atoms with van der Waals surface area (Å²) < 4.78 is 5.23. The van der Waals surface area contributed by atoms with Crippen LogP contribution in [0.15, 0.2) is 0 Å². The SMILES string of the molecule is CNC(=O)OC(C)(C)CCC(C)(C)C. The van der Waals surface area contributed by atoms with E-state index < -0.39 is 0 Å². The van der Waals surface area contributed by atoms with Gasteiger partial charge in [0.25, 0.3) is 0 Å². The number of hydrogen-bond donors (Lipinski definition) is 1. The van der Waals surface area contributed by atoms with Gasteiger partial charge in [0.15, 0.2) is 0 Å². The van der Waals surface area contributed by atoms with E-state index in [1.54, 1.807) is 7.05 Å². The third-order valence-electron chi connectivity index (χ3n) is 2.05. The highest BCUT2D eigenvalue weighted by atomic mass is 16.6. The lowest BCUT2D eigenvalue weighted by atomic mass is 9.86. The van der Waals surface area contributed by atoms with Crippen molar-refractivity contribution in [3.63, 3.8) is 0 Å². The summed E-state index contributed by atoms with van der Waals surface area (Å²) >= 11 is 0. The predicted molar refractivity (Wildman–Crippen MR) is 58.3 cm³/mol. The summed E-state index contributed by atoms with van der Waals surface area (Å²) in [6, 6.07) is 0. The lowest BCUT2D eigenvalue weighted by Gasteiger charge is -2.28. The molecule has 0 rings (SSSR count). The molecule has 0 aliphatic carbocycles. The predicted octanol–water partition coefficient (Wildman–Crippen LogP) is 2.95. The molecule has 0 aromatic carbocycles. The number of alkyl carbamates (subject to hydrolysis) is 1. The minimum atomic E-state index is -0.382. The van der Waals surface area contributed by atoms with Crippen molar-refractivity contribution >= 4 is 6.09 Å². The number of ether oxygens (including phenoxy) is 1. The average molecular weight is 201 g/mol. The molecular weight excluding hydrogens is 178 g/mol. The van der Waals surface area contributed by atoms with Crippen LogP contribution in [0.2, 0.25) is 0 Å². The van der Waals surface area contributed by atoms with Crippen molar-refractivity contribution in [2.24, 2.45) is 5.41 Å². The van der Waals surface area contributed by atoms with Crippen molar-refractivity contribution in [2.75, 3.05) is 7.05 Å². The standard InChI is InChI=1S/C11H23NO2/c1-10(2,3)7-8-11(4,5)14-9(13)12-6/h7-8H2,1-6H3,(H,12,13). The van der Waals surface area contributed by atoms with Crippen LogP contribution in [0.25, 0.3) is 0 Å². The first-order valence-electron chi connectivity index (χ1n) is 5.07. The zero-order valence-electron chi connectivity index (χ0n) is 10.2. The van der Waals surface area contributed by atoms with Crippen molar-refractivity contribution in [3.8, 4) is 0 Å². The minimum Gasteiger partial charge on any atom is -0.444 e. The fourth-order valence-electron chi connectivity index (χ4n) is 1.03. The summed E-state index contributed by atoms with van der Waals surface area (Å²) in [7, 11) is 1.57. The van der Waals surface area contributed by atoms with E-state index in [2.05, 4.69) is 26.1 Å². The molecule has 0 bridgehead atoms. The smallest absolute Gasteiger partial charge is 0.407 e. The van der Waals surface area contributed by atoms with Gasteiger partial charge in [0.2, 0.25) is 0 Å². The molecule has 0 saturated carbocycles. The summed E-state index contributed by atoms with van der Waals surface area (Å²) in [4.78, 5) is 11.0. The molecule has 84 valence electrons. The maximum atomic E-state index is 11.0. The number of amides is 1. The Labute approximate surface area is 87.2 Å². The maximum absolute atomic E-state index is 11.0. The number of nitrogens with one attached hydrogen (secondary N) is 1. The maximum Gasteiger partial charge on any atom is 0.407 e. The highest BCUT2D eigenvalue weighted by Crippen LogP contribution is 2.27. The Hall–Kier alpha value is -0.730. The molecule has 0 fully saturated rings. The van der Waals surface area contributed by atoms with Gasteiger partial charge in [-0.05, 0) is 32.1 Å². The second-order valence-corrected chi connectivity index (χ2v) is 5.46. The van der Waals surface area contributed by atoms with Crippen LogP contribution in [-0.4, -0.2) is 18.7 Å². The van der Waals surface area contributed by atoms with Gasteiger partial charge in [0.05, 0.1) is 0 Å². The van der Waals surface area contributed by atoms with Crippen LogP contribution in [0.4, 0.5) is 4.79 Å². The van der Waals surface area contributed by atoms with Gasteiger partial charge >= 0.3 is 6.09 Å². The molecule has 0 unspecified atom stereocenters. The summed E-state index contributed by atoms with van der Waals surface area (Å²) in [5.41, 5.74) is -0.101. The molecule has 0 aliphatic heterocycles. The van der Waals surface area contributed by atoms with E-state index >= 15 is 0 Å². The second kappa shape index (κ2) is 4.67. The quantitative estimate of drug-likeness (QED) is 0.762. The van der Waals surface area contributed by atoms with E-state index in [4.69, 9.17) is 4.74 Å². The van der Waals surface area contributed by atoms with Gasteiger partial charge in [0, 0.05) is 7.05 Å². The molecule has 0 saturated heterocycles. The first-order valence-corrected chi connectivity index (χ1v) is 5.07. The molecule has 0 aliphatic rings. The highest BCUT2D eigenvalue weighted by molar-refractivity contribution is 5.67. The highest BCUT2D eigenvalue weighted by Gasteiger charge is 2.24. The Bertz CT molecular complexity index is 192. The van der Waals surface area contributed by atoms with Crippen LogP contribution in [0.5, 0.6) is 0 Å². The Morgan fingerprint density at radius 3 is 2.00 bits per heavy atom. The summed E-state index contributed by atoms with van der Waals surface area (Å²) in [5, 5.41) is 2.46. The third-order valence-corrected chi connectivity index (χ3v) is 2.05. The van der Waals surface area contributed by atoms with Gasteiger partial charge in [0.1, 0.15) is 5.60 Å². The van der Waals surface area contributed by atoms with Crippen LogP contribution in [0.3, 0.4) is 0 Å². The molecule has 0 spiro atoms. The number of rotatable bonds is 3. The van der Waals surface area contributed by atoms with E-state index in [0.717, 1.165) is 12.8 Å². The van der Waals surface area contributed by atoms with Crippen molar-refractivity contribution in [1.29, 1.82) is 0 Å². The fraction of sp³-hybridized carbons (Fsp3) is 0.909. The number of carbonyl (C=O) groups is 1. The van der Waals surface area contributed by atoms with Crippen LogP contribution in [0.1, 0.15) is 47.5 Å². The monoisotopic (exact) mass is 201 g/mol. The molecule has 14 heavy (non-hydrogen) atoms. The van der Waals surface area contributed by atoms with Crippen LogP contribution >= 0.6 is 0 Å². The van der Waals surface area contributed by atoms with Crippen LogP contribution in [0, 0.1) is 5.41 Å². The van der Waals surface area contributed by atoms with Gasteiger partial charge in [-0.2, -0.15) is 0 Å². The molecule has 0 aromatic heterocycles. The van der Waals surface area contributed by atoms with Crippen molar-refractivity contribution in [2.45, 2.75) is 53.1 Å². The summed E-state index contributed by atoms with van der Waals surface area (Å²) in [6.45, 7) is 10.4. The zero-order chi connectivity index (χ0) is 11.4. The molecule has 0 radical (unpaired) electrons. The third kappa shape index (κ3) is 6.75. The van der Waals surface area contributed by atoms with Gasteiger partial charge in [-0.15, -0.1) is 0 Å². The lowest BCUT2D eigenvalue weighted by molar-refractivity contribution is 0.0260. The zero-order valence-corrected chi connectivity index (χ0v) is 10.2. The second-order valence-electron chi connectivity index (χ2n) is 5.46. The number of carbonyl (C=O) groups excluding carboxylic acids is 1. The lowest BCUT2D eigenvalue weighted by Crippen LogP contribution is -2.33. The van der Waals surface area contributed by atoms with E-state index in [9.17, 15) is 4.79 Å². The molecular formula is C11H23NO2. The van der Waals surface area contributed by atoms with E-state index in [-0.39, 0.29) is 17.1 Å². The average Bonchev–Trinajstić information content (AvgIpc) is 1.99. The van der Waals surface area contributed by atoms with Crippen molar-refractivity contribution in [3.05, 3.63) is 0 Å². The fourth-order valence-corrected chi connectivity index (χ4v) is 1.03. The Balaban J connectivity index is 4.01. The van der Waals surface area contributed by atoms with Crippen molar-refractivity contribution in [1.82, 2.24) is 5.32 Å². The Kier molecular flexibility index (Phi) is 4.43. The molecule has 1 amide bonds. The summed E-state index contributed by atoms with van der Waals surface area (Å²) in [6.07, 6.45) is 1.56. The van der Waals surface area contributed by atoms with E-state index in [0.29, 0.717) is 0 Å². The molecule has 3 nitrogen and oxygen atoms in total. The minimum absolute atomic E-state index is 0.281. The summed E-state index contributed by atoms with van der Waals surface area (Å²) in [5.74, 6) is 0. The molecule has 0 aromatic rings. The van der Waals surface area contributed by atoms with Crippen LogP contribution < -0.4 is 5.32 Å². The topological polar surface area (TPSA) is 38.3 Å². The largest absolute Gasteiger partial charge is 0.444 e. The Morgan fingerprint density at radius 2 is 1.64 bits per heavy atom. The van der Waals surface area contributed by atoms with Crippen LogP contribution in [-0.2, 0) is 4.74 Å². The molecule has 3 heteroatoms. The molecule has 0 atom stereocenters. The van der Waals surface area contributed by atoms with E-state index in [1.807, 2.05) is 13.8 Å².